The molecule has 1 aliphatic rings. The summed E-state index contributed by atoms with van der Waals surface area (Å²) in [5, 5.41) is 0. The van der Waals surface area contributed by atoms with Gasteiger partial charge < -0.3 is 14.2 Å². The maximum Gasteiger partial charge on any atom is 0.309 e. The van der Waals surface area contributed by atoms with E-state index in [-0.39, 0.29) is 24.8 Å². The summed E-state index contributed by atoms with van der Waals surface area (Å²) in [6.45, 7) is 6.74. The van der Waals surface area contributed by atoms with Crippen LogP contribution in [0.3, 0.4) is 0 Å². The summed E-state index contributed by atoms with van der Waals surface area (Å²) in [6, 6.07) is 0. The quantitative estimate of drug-likeness (QED) is 0.405. The monoisotopic (exact) mass is 216 g/mol. The summed E-state index contributed by atoms with van der Waals surface area (Å²) in [5.41, 5.74) is 0. The van der Waals surface area contributed by atoms with Crippen molar-refractivity contribution in [1.82, 2.24) is 0 Å². The molecule has 0 amide bonds. The van der Waals surface area contributed by atoms with Gasteiger partial charge in [0.25, 0.3) is 0 Å². The third-order valence-corrected chi connectivity index (χ3v) is 3.33. The Kier molecular flexibility index (Phi) is 4.54. The minimum Gasteiger partial charge on any atom is -0.459 e. The first kappa shape index (κ1) is 12.5. The number of methoxy groups -OCH3 is 1. The van der Waals surface area contributed by atoms with E-state index in [1.807, 2.05) is 6.92 Å². The number of hydrogen-bond acceptors (Lipinski definition) is 4. The third-order valence-electron chi connectivity index (χ3n) is 3.33. The van der Waals surface area contributed by atoms with Gasteiger partial charge in [-0.25, -0.2) is 0 Å². The SMILES string of the molecule is COCOCC1OC(=O)C(C)[C@@H](C)[C@@H]1C. The molecule has 1 fully saturated rings. The molecule has 0 aliphatic carbocycles. The molecule has 0 spiro atoms. The van der Waals surface area contributed by atoms with Crippen LogP contribution in [0.1, 0.15) is 20.8 Å². The molecule has 0 N–H and O–H groups in total. The van der Waals surface area contributed by atoms with E-state index in [2.05, 4.69) is 13.8 Å². The molecule has 88 valence electrons. The van der Waals surface area contributed by atoms with E-state index in [1.54, 1.807) is 7.11 Å². The Morgan fingerprint density at radius 3 is 2.53 bits per heavy atom. The van der Waals surface area contributed by atoms with Gasteiger partial charge in [0, 0.05) is 7.11 Å². The van der Waals surface area contributed by atoms with E-state index in [0.29, 0.717) is 18.4 Å². The highest BCUT2D eigenvalue weighted by Gasteiger charge is 2.38. The average molecular weight is 216 g/mol. The number of ether oxygens (including phenoxy) is 3. The maximum atomic E-state index is 11.5. The Morgan fingerprint density at radius 2 is 1.93 bits per heavy atom. The molecular formula is C11H20O4. The van der Waals surface area contributed by atoms with E-state index in [4.69, 9.17) is 14.2 Å². The summed E-state index contributed by atoms with van der Waals surface area (Å²) in [6.07, 6.45) is -0.140. The van der Waals surface area contributed by atoms with Crippen LogP contribution < -0.4 is 0 Å². The van der Waals surface area contributed by atoms with Crippen molar-refractivity contribution in [2.45, 2.75) is 26.9 Å². The zero-order valence-electron chi connectivity index (χ0n) is 9.86. The number of rotatable bonds is 4. The van der Waals surface area contributed by atoms with Crippen LogP contribution >= 0.6 is 0 Å². The smallest absolute Gasteiger partial charge is 0.309 e. The summed E-state index contributed by atoms with van der Waals surface area (Å²) in [4.78, 5) is 11.5. The van der Waals surface area contributed by atoms with Crippen LogP contribution in [-0.2, 0) is 19.0 Å². The van der Waals surface area contributed by atoms with Crippen molar-refractivity contribution in [3.8, 4) is 0 Å². The first-order valence-corrected chi connectivity index (χ1v) is 5.35. The van der Waals surface area contributed by atoms with Gasteiger partial charge in [0.2, 0.25) is 0 Å². The normalized spacial score (nSPS) is 36.4. The third kappa shape index (κ3) is 2.92. The molecule has 0 radical (unpaired) electrons. The van der Waals surface area contributed by atoms with Crippen molar-refractivity contribution in [1.29, 1.82) is 0 Å². The van der Waals surface area contributed by atoms with Gasteiger partial charge in [0.15, 0.2) is 0 Å². The van der Waals surface area contributed by atoms with Crippen LogP contribution in [0.4, 0.5) is 0 Å². The van der Waals surface area contributed by atoms with Crippen LogP contribution in [0.2, 0.25) is 0 Å². The van der Waals surface area contributed by atoms with Gasteiger partial charge in [-0.05, 0) is 11.8 Å². The number of hydrogen-bond donors (Lipinski definition) is 0. The molecule has 1 heterocycles. The molecule has 1 saturated heterocycles. The minimum absolute atomic E-state index is 0.0151. The van der Waals surface area contributed by atoms with Crippen molar-refractivity contribution < 1.29 is 19.0 Å². The molecular weight excluding hydrogens is 196 g/mol. The lowest BCUT2D eigenvalue weighted by molar-refractivity contribution is -0.178. The predicted octanol–water partition coefficient (Wildman–Crippen LogP) is 1.44. The highest BCUT2D eigenvalue weighted by Crippen LogP contribution is 2.31. The molecule has 15 heavy (non-hydrogen) atoms. The molecule has 4 atom stereocenters. The first-order valence-electron chi connectivity index (χ1n) is 5.35. The number of cyclic esters (lactones) is 1. The Balaban J connectivity index is 2.47. The van der Waals surface area contributed by atoms with E-state index in [9.17, 15) is 4.79 Å². The number of carbonyl (C=O) groups excluding carboxylic acids is 1. The minimum atomic E-state index is -0.140. The van der Waals surface area contributed by atoms with Gasteiger partial charge in [-0.3, -0.25) is 4.79 Å². The second-order valence-electron chi connectivity index (χ2n) is 4.26. The molecule has 0 aromatic carbocycles. The standard InChI is InChI=1S/C11H20O4/c1-7-8(2)10(5-14-6-13-4)15-11(12)9(7)3/h7-10H,5-6H2,1-4H3/t7-,8-,9?,10?/m0/s1. The van der Waals surface area contributed by atoms with Crippen molar-refractivity contribution in [3.05, 3.63) is 0 Å². The Morgan fingerprint density at radius 1 is 1.27 bits per heavy atom. The van der Waals surface area contributed by atoms with E-state index in [0.717, 1.165) is 0 Å². The Labute approximate surface area is 90.9 Å². The Hall–Kier alpha value is -0.610. The fraction of sp³-hybridized carbons (Fsp3) is 0.909. The first-order chi connectivity index (χ1) is 7.07. The van der Waals surface area contributed by atoms with Crippen molar-refractivity contribution >= 4 is 5.97 Å². The zero-order chi connectivity index (χ0) is 11.4. The fourth-order valence-corrected chi connectivity index (χ4v) is 1.81. The van der Waals surface area contributed by atoms with Gasteiger partial charge in [-0.15, -0.1) is 0 Å². The van der Waals surface area contributed by atoms with Gasteiger partial charge in [-0.2, -0.15) is 0 Å². The summed E-state index contributed by atoms with van der Waals surface area (Å²) in [7, 11) is 1.57. The molecule has 4 heteroatoms. The molecule has 0 bridgehead atoms. The molecule has 4 nitrogen and oxygen atoms in total. The van der Waals surface area contributed by atoms with E-state index in [1.165, 1.54) is 0 Å². The highest BCUT2D eigenvalue weighted by atomic mass is 16.7. The highest BCUT2D eigenvalue weighted by molar-refractivity contribution is 5.73. The number of carbonyl (C=O) groups is 1. The van der Waals surface area contributed by atoms with Crippen LogP contribution in [0, 0.1) is 17.8 Å². The molecule has 0 aromatic heterocycles. The second kappa shape index (κ2) is 5.47. The largest absolute Gasteiger partial charge is 0.459 e. The van der Waals surface area contributed by atoms with Crippen molar-refractivity contribution in [3.63, 3.8) is 0 Å². The summed E-state index contributed by atoms with van der Waals surface area (Å²) >= 11 is 0. The molecule has 2 unspecified atom stereocenters. The zero-order valence-corrected chi connectivity index (χ0v) is 9.86. The molecule has 0 aromatic rings. The number of esters is 1. The van der Waals surface area contributed by atoms with Crippen LogP contribution in [-0.4, -0.2) is 32.6 Å². The van der Waals surface area contributed by atoms with Gasteiger partial charge in [0.05, 0.1) is 12.5 Å². The fourth-order valence-electron chi connectivity index (χ4n) is 1.81. The van der Waals surface area contributed by atoms with E-state index >= 15 is 0 Å². The van der Waals surface area contributed by atoms with Crippen LogP contribution in [0.15, 0.2) is 0 Å². The molecule has 1 rings (SSSR count). The lowest BCUT2D eigenvalue weighted by Crippen LogP contribution is -2.44. The van der Waals surface area contributed by atoms with E-state index < -0.39 is 0 Å². The van der Waals surface area contributed by atoms with Crippen LogP contribution in [0.5, 0.6) is 0 Å². The average Bonchev–Trinajstić information content (AvgIpc) is 2.23. The van der Waals surface area contributed by atoms with Crippen molar-refractivity contribution in [2.75, 3.05) is 20.5 Å². The molecule has 0 saturated carbocycles. The molecule has 1 aliphatic heterocycles. The van der Waals surface area contributed by atoms with Gasteiger partial charge in [-0.1, -0.05) is 20.8 Å². The van der Waals surface area contributed by atoms with Gasteiger partial charge >= 0.3 is 5.97 Å². The van der Waals surface area contributed by atoms with Crippen LogP contribution in [0.25, 0.3) is 0 Å². The lowest BCUT2D eigenvalue weighted by Gasteiger charge is -2.37. The summed E-state index contributed by atoms with van der Waals surface area (Å²) in [5.74, 6) is 0.530. The second-order valence-corrected chi connectivity index (χ2v) is 4.26. The maximum absolute atomic E-state index is 11.5. The predicted molar refractivity (Wildman–Crippen MR) is 55.2 cm³/mol. The topological polar surface area (TPSA) is 44.8 Å². The van der Waals surface area contributed by atoms with Gasteiger partial charge in [0.1, 0.15) is 12.9 Å². The van der Waals surface area contributed by atoms with Crippen molar-refractivity contribution in [2.24, 2.45) is 17.8 Å². The Bertz CT molecular complexity index is 217. The summed E-state index contributed by atoms with van der Waals surface area (Å²) < 4.78 is 15.3. The lowest BCUT2D eigenvalue weighted by atomic mass is 9.80.